The van der Waals surface area contributed by atoms with E-state index in [-0.39, 0.29) is 11.6 Å². The van der Waals surface area contributed by atoms with Crippen molar-refractivity contribution in [2.24, 2.45) is 0 Å². The first kappa shape index (κ1) is 21.1. The molecule has 0 aliphatic heterocycles. The van der Waals surface area contributed by atoms with Gasteiger partial charge in [0, 0.05) is 41.4 Å². The van der Waals surface area contributed by atoms with Gasteiger partial charge in [0.15, 0.2) is 11.6 Å². The lowest BCUT2D eigenvalue weighted by atomic mass is 10.1. The van der Waals surface area contributed by atoms with Crippen LogP contribution < -0.4 is 0 Å². The molecule has 2 aromatic heterocycles. The van der Waals surface area contributed by atoms with E-state index in [1.165, 1.54) is 0 Å². The van der Waals surface area contributed by atoms with E-state index >= 15 is 0 Å². The largest absolute Gasteiger partial charge is 0.294 e. The standard InChI is InChI=1S/C24H18O2S4/c1-15(25)19-13-27-21(17-9-5-3-6-10-17)23(19)29-30-24-20(16(2)26)14-28-22(24)18-11-7-4-8-12-18/h3-14H,1-2H3. The fourth-order valence-corrected chi connectivity index (χ4v) is 8.71. The Morgan fingerprint density at radius 3 is 1.33 bits per heavy atom. The second kappa shape index (κ2) is 9.35. The monoisotopic (exact) mass is 466 g/mol. The lowest BCUT2D eigenvalue weighted by Gasteiger charge is -2.08. The van der Waals surface area contributed by atoms with Crippen molar-refractivity contribution in [3.8, 4) is 20.9 Å². The normalized spacial score (nSPS) is 10.9. The first-order valence-electron chi connectivity index (χ1n) is 9.26. The van der Waals surface area contributed by atoms with Crippen molar-refractivity contribution in [1.82, 2.24) is 0 Å². The molecule has 0 aliphatic rings. The maximum atomic E-state index is 12.3. The molecule has 150 valence electrons. The van der Waals surface area contributed by atoms with Crippen LogP contribution in [0.1, 0.15) is 34.6 Å². The number of carbonyl (C=O) groups is 2. The van der Waals surface area contributed by atoms with E-state index in [1.54, 1.807) is 58.1 Å². The third kappa shape index (κ3) is 4.32. The molecule has 0 N–H and O–H groups in total. The summed E-state index contributed by atoms with van der Waals surface area (Å²) in [7, 11) is 3.12. The number of hydrogen-bond acceptors (Lipinski definition) is 6. The number of rotatable bonds is 7. The Morgan fingerprint density at radius 1 is 0.633 bits per heavy atom. The molecule has 2 aromatic carbocycles. The smallest absolute Gasteiger partial charge is 0.161 e. The molecule has 6 heteroatoms. The lowest BCUT2D eigenvalue weighted by molar-refractivity contribution is 0.100. The number of carbonyl (C=O) groups excluding carboxylic acids is 2. The highest BCUT2D eigenvalue weighted by Crippen LogP contribution is 2.51. The summed E-state index contributed by atoms with van der Waals surface area (Å²) in [4.78, 5) is 28.6. The number of hydrogen-bond donors (Lipinski definition) is 0. The van der Waals surface area contributed by atoms with Crippen molar-refractivity contribution in [2.75, 3.05) is 0 Å². The predicted molar refractivity (Wildman–Crippen MR) is 131 cm³/mol. The summed E-state index contributed by atoms with van der Waals surface area (Å²) in [5.41, 5.74) is 3.66. The maximum Gasteiger partial charge on any atom is 0.161 e. The van der Waals surface area contributed by atoms with Crippen LogP contribution in [0.4, 0.5) is 0 Å². The van der Waals surface area contributed by atoms with Crippen LogP contribution >= 0.6 is 44.3 Å². The van der Waals surface area contributed by atoms with Crippen molar-refractivity contribution >= 4 is 55.8 Å². The highest BCUT2D eigenvalue weighted by atomic mass is 33.1. The van der Waals surface area contributed by atoms with Gasteiger partial charge in [-0.1, -0.05) is 82.3 Å². The van der Waals surface area contributed by atoms with Crippen LogP contribution in [0.2, 0.25) is 0 Å². The molecule has 0 fully saturated rings. The van der Waals surface area contributed by atoms with E-state index in [0.29, 0.717) is 0 Å². The zero-order chi connectivity index (χ0) is 21.1. The van der Waals surface area contributed by atoms with E-state index in [0.717, 1.165) is 41.8 Å². The zero-order valence-electron chi connectivity index (χ0n) is 16.4. The molecular weight excluding hydrogens is 449 g/mol. The second-order valence-corrected chi connectivity index (χ2v) is 10.5. The van der Waals surface area contributed by atoms with Crippen molar-refractivity contribution in [2.45, 2.75) is 23.6 Å². The highest BCUT2D eigenvalue weighted by molar-refractivity contribution is 8.76. The summed E-state index contributed by atoms with van der Waals surface area (Å²) >= 11 is 3.17. The summed E-state index contributed by atoms with van der Waals surface area (Å²) < 4.78 is 0. The maximum absolute atomic E-state index is 12.3. The zero-order valence-corrected chi connectivity index (χ0v) is 19.6. The minimum Gasteiger partial charge on any atom is -0.294 e. The van der Waals surface area contributed by atoms with Crippen LogP contribution in [0.25, 0.3) is 20.9 Å². The number of Topliss-reactive ketones (excluding diaryl/α,β-unsaturated/α-hetero) is 2. The molecule has 2 heterocycles. The van der Waals surface area contributed by atoms with Crippen molar-refractivity contribution < 1.29 is 9.59 Å². The van der Waals surface area contributed by atoms with Crippen molar-refractivity contribution in [3.05, 3.63) is 82.6 Å². The molecule has 0 unspecified atom stereocenters. The molecule has 0 radical (unpaired) electrons. The molecule has 0 aliphatic carbocycles. The summed E-state index contributed by atoms with van der Waals surface area (Å²) in [6, 6.07) is 20.2. The molecule has 30 heavy (non-hydrogen) atoms. The molecule has 0 bridgehead atoms. The van der Waals surface area contributed by atoms with Crippen molar-refractivity contribution in [3.63, 3.8) is 0 Å². The molecule has 0 spiro atoms. The van der Waals surface area contributed by atoms with E-state index in [2.05, 4.69) is 24.3 Å². The van der Waals surface area contributed by atoms with Gasteiger partial charge in [-0.25, -0.2) is 0 Å². The summed E-state index contributed by atoms with van der Waals surface area (Å²) in [5.74, 6) is 0.105. The van der Waals surface area contributed by atoms with Gasteiger partial charge in [0.1, 0.15) is 0 Å². The molecular formula is C24H18O2S4. The quantitative estimate of drug-likeness (QED) is 0.202. The van der Waals surface area contributed by atoms with Gasteiger partial charge >= 0.3 is 0 Å². The second-order valence-electron chi connectivity index (χ2n) is 6.63. The number of thiophene rings is 2. The van der Waals surface area contributed by atoms with Crippen LogP contribution in [-0.2, 0) is 0 Å². The van der Waals surface area contributed by atoms with Gasteiger partial charge in [-0.2, -0.15) is 0 Å². The van der Waals surface area contributed by atoms with Gasteiger partial charge in [-0.3, -0.25) is 9.59 Å². The average molecular weight is 467 g/mol. The van der Waals surface area contributed by atoms with Crippen LogP contribution in [0.15, 0.2) is 81.2 Å². The third-order valence-corrected chi connectivity index (χ3v) is 9.36. The van der Waals surface area contributed by atoms with Crippen molar-refractivity contribution in [1.29, 1.82) is 0 Å². The Morgan fingerprint density at radius 2 is 1.00 bits per heavy atom. The first-order chi connectivity index (χ1) is 14.6. The van der Waals surface area contributed by atoms with Crippen LogP contribution in [0.3, 0.4) is 0 Å². The molecule has 2 nitrogen and oxygen atoms in total. The molecule has 4 rings (SSSR count). The number of ketones is 2. The number of benzene rings is 2. The molecule has 0 amide bonds. The SMILES string of the molecule is CC(=O)c1csc(-c2ccccc2)c1SSc1c(C(C)=O)csc1-c1ccccc1. The van der Waals surface area contributed by atoms with E-state index < -0.39 is 0 Å². The Balaban J connectivity index is 1.74. The van der Waals surface area contributed by atoms with Crippen LogP contribution in [-0.4, -0.2) is 11.6 Å². The minimum absolute atomic E-state index is 0.0527. The fraction of sp³-hybridized carbons (Fsp3) is 0.0833. The van der Waals surface area contributed by atoms with E-state index in [1.807, 2.05) is 47.2 Å². The van der Waals surface area contributed by atoms with Gasteiger partial charge in [-0.15, -0.1) is 22.7 Å². The summed E-state index contributed by atoms with van der Waals surface area (Å²) in [6.07, 6.45) is 0. The third-order valence-electron chi connectivity index (χ3n) is 4.53. The van der Waals surface area contributed by atoms with Crippen LogP contribution in [0.5, 0.6) is 0 Å². The average Bonchev–Trinajstić information content (AvgIpc) is 3.38. The summed E-state index contributed by atoms with van der Waals surface area (Å²) in [5, 5.41) is 3.87. The predicted octanol–water partition coefficient (Wildman–Crippen LogP) is 8.35. The Labute approximate surface area is 191 Å². The van der Waals surface area contributed by atoms with Gasteiger partial charge < -0.3 is 0 Å². The Hall–Kier alpha value is -2.12. The lowest BCUT2D eigenvalue weighted by Crippen LogP contribution is -1.92. The topological polar surface area (TPSA) is 34.1 Å². The van der Waals surface area contributed by atoms with Gasteiger partial charge in [0.25, 0.3) is 0 Å². The Bertz CT molecular complexity index is 1090. The molecule has 0 saturated heterocycles. The molecule has 0 atom stereocenters. The van der Waals surface area contributed by atoms with Gasteiger partial charge in [0.2, 0.25) is 0 Å². The van der Waals surface area contributed by atoms with E-state index in [4.69, 9.17) is 0 Å². The summed E-state index contributed by atoms with van der Waals surface area (Å²) in [6.45, 7) is 3.21. The highest BCUT2D eigenvalue weighted by Gasteiger charge is 2.21. The molecule has 4 aromatic rings. The van der Waals surface area contributed by atoms with Crippen LogP contribution in [0, 0.1) is 0 Å². The minimum atomic E-state index is 0.0527. The van der Waals surface area contributed by atoms with E-state index in [9.17, 15) is 9.59 Å². The van der Waals surface area contributed by atoms with Gasteiger partial charge in [-0.05, 0) is 25.0 Å². The fourth-order valence-electron chi connectivity index (χ4n) is 3.01. The first-order valence-corrected chi connectivity index (χ1v) is 13.2. The van der Waals surface area contributed by atoms with Gasteiger partial charge in [0.05, 0.1) is 0 Å². The Kier molecular flexibility index (Phi) is 6.58. The molecule has 0 saturated carbocycles.